The molecule has 0 aliphatic carbocycles. The molecule has 0 aliphatic heterocycles. The summed E-state index contributed by atoms with van der Waals surface area (Å²) in [5, 5.41) is 2.75. The van der Waals surface area contributed by atoms with Gasteiger partial charge in [0.05, 0.1) is 19.8 Å². The number of carbonyl (C=O) groups excluding carboxylic acids is 1. The van der Waals surface area contributed by atoms with Crippen molar-refractivity contribution in [2.75, 3.05) is 14.2 Å². The third kappa shape index (κ3) is 3.36. The fraction of sp³-hybridized carbons (Fsp3) is 0.235. The van der Waals surface area contributed by atoms with Crippen molar-refractivity contribution in [3.8, 4) is 11.5 Å². The number of para-hydroxylation sites is 1. The van der Waals surface area contributed by atoms with Crippen molar-refractivity contribution >= 4 is 5.91 Å². The molecule has 0 saturated carbocycles. The van der Waals surface area contributed by atoms with Gasteiger partial charge in [-0.1, -0.05) is 18.2 Å². The number of carbonyl (C=O) groups is 1. The molecule has 0 atom stereocenters. The van der Waals surface area contributed by atoms with Gasteiger partial charge in [-0.25, -0.2) is 4.39 Å². The third-order valence-electron chi connectivity index (χ3n) is 3.34. The Morgan fingerprint density at radius 3 is 2.59 bits per heavy atom. The molecule has 2 aromatic rings. The first-order valence-corrected chi connectivity index (χ1v) is 6.81. The summed E-state index contributed by atoms with van der Waals surface area (Å²) in [5.41, 5.74) is 1.64. The van der Waals surface area contributed by atoms with Crippen LogP contribution in [0.4, 0.5) is 4.39 Å². The minimum Gasteiger partial charge on any atom is -0.493 e. The summed E-state index contributed by atoms with van der Waals surface area (Å²) in [4.78, 5) is 12.3. The molecule has 1 N–H and O–H groups in total. The summed E-state index contributed by atoms with van der Waals surface area (Å²) in [6.07, 6.45) is 0. The quantitative estimate of drug-likeness (QED) is 0.923. The Kier molecular flexibility index (Phi) is 4.99. The molecular formula is C17H18FNO3. The van der Waals surface area contributed by atoms with E-state index in [-0.39, 0.29) is 18.3 Å². The number of nitrogens with one attached hydrogen (secondary N) is 1. The smallest absolute Gasteiger partial charge is 0.255 e. The predicted octanol–water partition coefficient (Wildman–Crippen LogP) is 3.08. The van der Waals surface area contributed by atoms with E-state index in [9.17, 15) is 9.18 Å². The second-order valence-corrected chi connectivity index (χ2v) is 4.81. The van der Waals surface area contributed by atoms with E-state index in [0.29, 0.717) is 28.2 Å². The van der Waals surface area contributed by atoms with E-state index in [0.717, 1.165) is 0 Å². The van der Waals surface area contributed by atoms with Crippen LogP contribution in [0.1, 0.15) is 21.5 Å². The van der Waals surface area contributed by atoms with Crippen molar-refractivity contribution in [3.63, 3.8) is 0 Å². The van der Waals surface area contributed by atoms with E-state index >= 15 is 0 Å². The Morgan fingerprint density at radius 2 is 1.95 bits per heavy atom. The van der Waals surface area contributed by atoms with Gasteiger partial charge in [0.1, 0.15) is 5.82 Å². The van der Waals surface area contributed by atoms with Crippen molar-refractivity contribution in [2.45, 2.75) is 13.5 Å². The van der Waals surface area contributed by atoms with Crippen molar-refractivity contribution in [2.24, 2.45) is 0 Å². The van der Waals surface area contributed by atoms with Gasteiger partial charge in [-0.2, -0.15) is 0 Å². The molecule has 116 valence electrons. The number of methoxy groups -OCH3 is 2. The summed E-state index contributed by atoms with van der Waals surface area (Å²) in [7, 11) is 2.98. The van der Waals surface area contributed by atoms with Gasteiger partial charge in [-0.15, -0.1) is 0 Å². The Morgan fingerprint density at radius 1 is 1.18 bits per heavy atom. The van der Waals surface area contributed by atoms with Crippen molar-refractivity contribution in [3.05, 3.63) is 58.9 Å². The number of benzene rings is 2. The number of ether oxygens (including phenoxy) is 2. The average Bonchev–Trinajstić information content (AvgIpc) is 2.54. The maximum absolute atomic E-state index is 13.5. The zero-order valence-corrected chi connectivity index (χ0v) is 12.8. The molecule has 5 heteroatoms. The van der Waals surface area contributed by atoms with Crippen LogP contribution in [0.2, 0.25) is 0 Å². The highest BCUT2D eigenvalue weighted by molar-refractivity contribution is 5.97. The lowest BCUT2D eigenvalue weighted by Crippen LogP contribution is -2.23. The summed E-state index contributed by atoms with van der Waals surface area (Å²) in [5.74, 6) is 0.261. The van der Waals surface area contributed by atoms with Gasteiger partial charge >= 0.3 is 0 Å². The lowest BCUT2D eigenvalue weighted by Gasteiger charge is -2.12. The van der Waals surface area contributed by atoms with E-state index in [1.165, 1.54) is 20.3 Å². The highest BCUT2D eigenvalue weighted by Crippen LogP contribution is 2.30. The molecule has 4 nitrogen and oxygen atoms in total. The Balaban J connectivity index is 2.14. The highest BCUT2D eigenvalue weighted by Gasteiger charge is 2.16. The van der Waals surface area contributed by atoms with E-state index in [4.69, 9.17) is 9.47 Å². The zero-order chi connectivity index (χ0) is 16.1. The number of rotatable bonds is 5. The van der Waals surface area contributed by atoms with E-state index in [1.54, 1.807) is 37.3 Å². The second kappa shape index (κ2) is 6.93. The number of aryl methyl sites for hydroxylation is 1. The maximum Gasteiger partial charge on any atom is 0.255 e. The van der Waals surface area contributed by atoms with Crippen molar-refractivity contribution < 1.29 is 18.7 Å². The monoisotopic (exact) mass is 303 g/mol. The van der Waals surface area contributed by atoms with Crippen LogP contribution in [0, 0.1) is 12.7 Å². The minimum absolute atomic E-state index is 0.233. The summed E-state index contributed by atoms with van der Waals surface area (Å²) >= 11 is 0. The van der Waals surface area contributed by atoms with Crippen LogP contribution < -0.4 is 14.8 Å². The average molecular weight is 303 g/mol. The Bertz CT molecular complexity index is 686. The van der Waals surface area contributed by atoms with Gasteiger partial charge in [0.15, 0.2) is 11.5 Å². The Labute approximate surface area is 128 Å². The number of hydrogen-bond donors (Lipinski definition) is 1. The molecule has 0 bridgehead atoms. The number of amides is 1. The molecule has 0 aromatic heterocycles. The third-order valence-corrected chi connectivity index (χ3v) is 3.34. The number of hydrogen-bond acceptors (Lipinski definition) is 3. The van der Waals surface area contributed by atoms with Crippen LogP contribution in [-0.2, 0) is 6.54 Å². The van der Waals surface area contributed by atoms with Gasteiger partial charge in [-0.05, 0) is 36.2 Å². The van der Waals surface area contributed by atoms with Crippen molar-refractivity contribution in [1.29, 1.82) is 0 Å². The molecule has 1 amide bonds. The SMILES string of the molecule is COc1cccc(C(=O)NCc2ccc(C)c(F)c2)c1OC. The Hall–Kier alpha value is -2.56. The topological polar surface area (TPSA) is 47.6 Å². The molecule has 0 spiro atoms. The van der Waals surface area contributed by atoms with Crippen molar-refractivity contribution in [1.82, 2.24) is 5.32 Å². The van der Waals surface area contributed by atoms with Gasteiger partial charge in [0, 0.05) is 6.54 Å². The molecule has 0 radical (unpaired) electrons. The summed E-state index contributed by atoms with van der Waals surface area (Å²) in [6, 6.07) is 9.95. The van der Waals surface area contributed by atoms with Crippen LogP contribution in [0.25, 0.3) is 0 Å². The van der Waals surface area contributed by atoms with Crippen LogP contribution in [-0.4, -0.2) is 20.1 Å². The molecule has 0 fully saturated rings. The zero-order valence-electron chi connectivity index (χ0n) is 12.8. The molecule has 0 saturated heterocycles. The molecule has 0 unspecified atom stereocenters. The fourth-order valence-electron chi connectivity index (χ4n) is 2.09. The summed E-state index contributed by atoms with van der Waals surface area (Å²) in [6.45, 7) is 1.93. The molecule has 0 heterocycles. The van der Waals surface area contributed by atoms with Gasteiger partial charge < -0.3 is 14.8 Å². The van der Waals surface area contributed by atoms with Crippen LogP contribution in [0.3, 0.4) is 0 Å². The highest BCUT2D eigenvalue weighted by atomic mass is 19.1. The maximum atomic E-state index is 13.5. The van der Waals surface area contributed by atoms with Crippen LogP contribution in [0.5, 0.6) is 11.5 Å². The van der Waals surface area contributed by atoms with E-state index in [2.05, 4.69) is 5.32 Å². The second-order valence-electron chi connectivity index (χ2n) is 4.81. The van der Waals surface area contributed by atoms with Gasteiger partial charge in [-0.3, -0.25) is 4.79 Å². The van der Waals surface area contributed by atoms with Gasteiger partial charge in [0.25, 0.3) is 5.91 Å². The normalized spacial score (nSPS) is 10.2. The van der Waals surface area contributed by atoms with E-state index < -0.39 is 0 Å². The first kappa shape index (κ1) is 15.8. The molecule has 2 aromatic carbocycles. The van der Waals surface area contributed by atoms with E-state index in [1.807, 2.05) is 0 Å². The van der Waals surface area contributed by atoms with Gasteiger partial charge in [0.2, 0.25) is 0 Å². The van der Waals surface area contributed by atoms with Crippen LogP contribution in [0.15, 0.2) is 36.4 Å². The minimum atomic E-state index is -0.309. The first-order chi connectivity index (χ1) is 10.6. The first-order valence-electron chi connectivity index (χ1n) is 6.81. The molecular weight excluding hydrogens is 285 g/mol. The number of halogens is 1. The predicted molar refractivity (Wildman–Crippen MR) is 81.9 cm³/mol. The molecule has 22 heavy (non-hydrogen) atoms. The lowest BCUT2D eigenvalue weighted by atomic mass is 10.1. The molecule has 2 rings (SSSR count). The standard InChI is InChI=1S/C17H18FNO3/c1-11-7-8-12(9-14(11)18)10-19-17(20)13-5-4-6-15(21-2)16(13)22-3/h4-9H,10H2,1-3H3,(H,19,20). The summed E-state index contributed by atoms with van der Waals surface area (Å²) < 4.78 is 23.9. The lowest BCUT2D eigenvalue weighted by molar-refractivity contribution is 0.0947. The molecule has 0 aliphatic rings. The fourth-order valence-corrected chi connectivity index (χ4v) is 2.09. The largest absolute Gasteiger partial charge is 0.493 e. The van der Waals surface area contributed by atoms with Crippen LogP contribution >= 0.6 is 0 Å².